The highest BCUT2D eigenvalue weighted by Gasteiger charge is 2.19. The summed E-state index contributed by atoms with van der Waals surface area (Å²) in [7, 11) is 0. The van der Waals surface area contributed by atoms with E-state index < -0.39 is 6.10 Å². The van der Waals surface area contributed by atoms with Crippen LogP contribution in [0.3, 0.4) is 0 Å². The lowest BCUT2D eigenvalue weighted by atomic mass is 10.0. The molecular formula is C57H96O6. The van der Waals surface area contributed by atoms with Gasteiger partial charge in [-0.15, -0.1) is 0 Å². The second kappa shape index (κ2) is 51.2. The van der Waals surface area contributed by atoms with E-state index in [2.05, 4.69) is 81.5 Å². The molecule has 0 bridgehead atoms. The van der Waals surface area contributed by atoms with Gasteiger partial charge in [0.2, 0.25) is 0 Å². The van der Waals surface area contributed by atoms with E-state index in [-0.39, 0.29) is 31.1 Å². The first-order chi connectivity index (χ1) is 31.0. The maximum absolute atomic E-state index is 12.8. The molecule has 0 amide bonds. The Hall–Kier alpha value is -3.41. The third-order valence-electron chi connectivity index (χ3n) is 11.0. The Bertz CT molecular complexity index is 1240. The molecule has 360 valence electrons. The van der Waals surface area contributed by atoms with E-state index in [9.17, 15) is 14.4 Å². The van der Waals surface area contributed by atoms with Gasteiger partial charge in [0.15, 0.2) is 6.10 Å². The molecule has 0 heterocycles. The van der Waals surface area contributed by atoms with Gasteiger partial charge in [-0.1, -0.05) is 247 Å². The van der Waals surface area contributed by atoms with Crippen LogP contribution in [0.1, 0.15) is 239 Å². The molecule has 0 aliphatic carbocycles. The lowest BCUT2D eigenvalue weighted by Gasteiger charge is -2.18. The van der Waals surface area contributed by atoms with E-state index in [1.54, 1.807) is 0 Å². The molecule has 1 atom stereocenters. The van der Waals surface area contributed by atoms with Gasteiger partial charge >= 0.3 is 17.9 Å². The van der Waals surface area contributed by atoms with E-state index in [1.807, 2.05) is 24.3 Å². The highest BCUT2D eigenvalue weighted by molar-refractivity contribution is 5.71. The smallest absolute Gasteiger partial charge is 0.306 e. The van der Waals surface area contributed by atoms with Gasteiger partial charge in [0.25, 0.3) is 0 Å². The number of carbonyl (C=O) groups is 3. The largest absolute Gasteiger partial charge is 0.462 e. The third kappa shape index (κ3) is 49.5. The predicted octanol–water partition coefficient (Wildman–Crippen LogP) is 17.2. The van der Waals surface area contributed by atoms with Crippen molar-refractivity contribution in [1.82, 2.24) is 0 Å². The Labute approximate surface area is 388 Å². The van der Waals surface area contributed by atoms with Crippen molar-refractivity contribution in [3.8, 4) is 0 Å². The maximum Gasteiger partial charge on any atom is 0.306 e. The topological polar surface area (TPSA) is 78.9 Å². The van der Waals surface area contributed by atoms with Gasteiger partial charge in [-0.2, -0.15) is 0 Å². The Morgan fingerprint density at radius 3 is 1.03 bits per heavy atom. The van der Waals surface area contributed by atoms with Gasteiger partial charge in [-0.3, -0.25) is 14.4 Å². The molecule has 0 fully saturated rings. The number of esters is 3. The molecule has 0 saturated heterocycles. The number of unbranched alkanes of at least 4 members (excludes halogenated alkanes) is 26. The first-order valence-electron chi connectivity index (χ1n) is 26.2. The summed E-state index contributed by atoms with van der Waals surface area (Å²) in [5.41, 5.74) is 0. The van der Waals surface area contributed by atoms with E-state index in [1.165, 1.54) is 103 Å². The van der Waals surface area contributed by atoms with Crippen LogP contribution >= 0.6 is 0 Å². The molecular weight excluding hydrogens is 781 g/mol. The van der Waals surface area contributed by atoms with E-state index in [4.69, 9.17) is 14.2 Å². The van der Waals surface area contributed by atoms with Gasteiger partial charge in [0.1, 0.15) is 13.2 Å². The molecule has 0 radical (unpaired) electrons. The van der Waals surface area contributed by atoms with Crippen LogP contribution in [-0.2, 0) is 28.6 Å². The average molecular weight is 877 g/mol. The number of carbonyl (C=O) groups excluding carboxylic acids is 3. The monoisotopic (exact) mass is 877 g/mol. The fraction of sp³-hybridized carbons (Fsp3) is 0.702. The highest BCUT2D eigenvalue weighted by atomic mass is 16.6. The summed E-state index contributed by atoms with van der Waals surface area (Å²) >= 11 is 0. The zero-order chi connectivity index (χ0) is 45.8. The molecule has 63 heavy (non-hydrogen) atoms. The van der Waals surface area contributed by atoms with Crippen LogP contribution in [0, 0.1) is 0 Å². The van der Waals surface area contributed by atoms with E-state index >= 15 is 0 Å². The predicted molar refractivity (Wildman–Crippen MR) is 270 cm³/mol. The average Bonchev–Trinajstić information content (AvgIpc) is 3.28. The Kier molecular flexibility index (Phi) is 48.5. The van der Waals surface area contributed by atoms with Crippen LogP contribution in [0.25, 0.3) is 0 Å². The van der Waals surface area contributed by atoms with Gasteiger partial charge in [-0.25, -0.2) is 0 Å². The SMILES string of the molecule is CCC\C=C/C=C\C=C/C=C\C=C/CCCCCCCC(=O)OCC(COC(=O)CCCCC/C=C\C=C/CCCC)OC(=O)CCCCCCCCCCCCCCCCCC. The van der Waals surface area contributed by atoms with E-state index in [0.717, 1.165) is 96.3 Å². The fourth-order valence-corrected chi connectivity index (χ4v) is 7.04. The van der Waals surface area contributed by atoms with Crippen molar-refractivity contribution in [3.05, 3.63) is 85.1 Å². The van der Waals surface area contributed by atoms with Crippen molar-refractivity contribution in [3.63, 3.8) is 0 Å². The molecule has 6 nitrogen and oxygen atoms in total. The summed E-state index contributed by atoms with van der Waals surface area (Å²) in [5, 5.41) is 0. The second-order valence-corrected chi connectivity index (χ2v) is 17.2. The zero-order valence-corrected chi connectivity index (χ0v) is 41.1. The fourth-order valence-electron chi connectivity index (χ4n) is 7.04. The normalized spacial score (nSPS) is 12.7. The summed E-state index contributed by atoms with van der Waals surface area (Å²) in [6.07, 6.45) is 65.6. The molecule has 0 aliphatic heterocycles. The van der Waals surface area contributed by atoms with Gasteiger partial charge in [0.05, 0.1) is 0 Å². The number of allylic oxidation sites excluding steroid dienone is 14. The zero-order valence-electron chi connectivity index (χ0n) is 41.1. The second-order valence-electron chi connectivity index (χ2n) is 17.2. The minimum absolute atomic E-state index is 0.0975. The van der Waals surface area contributed by atoms with Gasteiger partial charge in [0, 0.05) is 19.3 Å². The number of hydrogen-bond donors (Lipinski definition) is 0. The number of ether oxygens (including phenoxy) is 3. The first kappa shape index (κ1) is 59.6. The van der Waals surface area contributed by atoms with Crippen molar-refractivity contribution >= 4 is 17.9 Å². The maximum atomic E-state index is 12.8. The Morgan fingerprint density at radius 1 is 0.317 bits per heavy atom. The summed E-state index contributed by atoms with van der Waals surface area (Å²) in [6.45, 7) is 6.46. The van der Waals surface area contributed by atoms with Crippen LogP contribution in [-0.4, -0.2) is 37.2 Å². The van der Waals surface area contributed by atoms with Crippen LogP contribution in [0.2, 0.25) is 0 Å². The van der Waals surface area contributed by atoms with Crippen LogP contribution in [0.5, 0.6) is 0 Å². The summed E-state index contributed by atoms with van der Waals surface area (Å²) in [5.74, 6) is -0.946. The molecule has 0 spiro atoms. The number of hydrogen-bond acceptors (Lipinski definition) is 6. The van der Waals surface area contributed by atoms with Crippen LogP contribution in [0.4, 0.5) is 0 Å². The summed E-state index contributed by atoms with van der Waals surface area (Å²) < 4.78 is 16.8. The van der Waals surface area contributed by atoms with Crippen molar-refractivity contribution in [2.75, 3.05) is 13.2 Å². The highest BCUT2D eigenvalue weighted by Crippen LogP contribution is 2.15. The van der Waals surface area contributed by atoms with Crippen molar-refractivity contribution < 1.29 is 28.6 Å². The summed E-state index contributed by atoms with van der Waals surface area (Å²) in [6, 6.07) is 0. The number of rotatable bonds is 46. The van der Waals surface area contributed by atoms with Crippen LogP contribution < -0.4 is 0 Å². The molecule has 0 aromatic carbocycles. The molecule has 1 unspecified atom stereocenters. The quantitative estimate of drug-likeness (QED) is 0.0262. The minimum Gasteiger partial charge on any atom is -0.462 e. The summed E-state index contributed by atoms with van der Waals surface area (Å²) in [4.78, 5) is 38.0. The molecule has 0 rings (SSSR count). The standard InChI is InChI=1S/C57H96O6/c1-4-7-10-13-16-19-22-24-26-28-29-31-32-35-38-41-44-47-50-56(59)62-53-54(52-61-55(58)49-46-43-40-37-34-21-18-15-12-9-6-3)63-57(60)51-48-45-42-39-36-33-30-27-25-23-20-17-14-11-8-5-2/h10,13,15-16,18-19,21-22,24,26,28-29,31,34,54H,4-9,11-12,14,17,20,23,25,27,30,32-33,35-53H2,1-3H3/b13-10-,18-15-,19-16-,24-22-,28-26-,31-29-,34-21-. The first-order valence-corrected chi connectivity index (χ1v) is 26.2. The van der Waals surface area contributed by atoms with Gasteiger partial charge in [-0.05, 0) is 57.8 Å². The van der Waals surface area contributed by atoms with Gasteiger partial charge < -0.3 is 14.2 Å². The molecule has 6 heteroatoms. The van der Waals surface area contributed by atoms with Crippen molar-refractivity contribution in [2.24, 2.45) is 0 Å². The lowest BCUT2D eigenvalue weighted by molar-refractivity contribution is -0.167. The van der Waals surface area contributed by atoms with Crippen molar-refractivity contribution in [2.45, 2.75) is 245 Å². The molecule has 0 aliphatic rings. The van der Waals surface area contributed by atoms with E-state index in [0.29, 0.717) is 19.3 Å². The minimum atomic E-state index is -0.796. The molecule has 0 aromatic heterocycles. The molecule has 0 saturated carbocycles. The molecule has 0 N–H and O–H groups in total. The Morgan fingerprint density at radius 2 is 0.619 bits per heavy atom. The lowest BCUT2D eigenvalue weighted by Crippen LogP contribution is -2.30. The molecule has 0 aromatic rings. The van der Waals surface area contributed by atoms with Crippen molar-refractivity contribution in [1.29, 1.82) is 0 Å². The van der Waals surface area contributed by atoms with Crippen LogP contribution in [0.15, 0.2) is 85.1 Å². The Balaban J connectivity index is 4.44. The third-order valence-corrected chi connectivity index (χ3v) is 11.0.